The number of fused-ring (bicyclic) bond motifs is 2. The van der Waals surface area contributed by atoms with Crippen LogP contribution in [0.15, 0.2) is 30.6 Å². The molecule has 0 bridgehead atoms. The molecular formula is C27H21F3N6O2S. The summed E-state index contributed by atoms with van der Waals surface area (Å²) in [7, 11) is 0. The maximum atomic E-state index is 16.1. The lowest BCUT2D eigenvalue weighted by molar-refractivity contribution is -0.131. The number of nitrogen functional groups attached to an aromatic ring is 1. The van der Waals surface area contributed by atoms with Crippen molar-refractivity contribution in [2.75, 3.05) is 25.4 Å². The van der Waals surface area contributed by atoms with Crippen molar-refractivity contribution >= 4 is 49.1 Å². The van der Waals surface area contributed by atoms with Gasteiger partial charge < -0.3 is 15.5 Å². The topological polar surface area (TPSA) is 108 Å². The Morgan fingerprint density at radius 2 is 1.97 bits per heavy atom. The highest BCUT2D eigenvalue weighted by Gasteiger charge is 2.37. The van der Waals surface area contributed by atoms with Gasteiger partial charge in [-0.25, -0.2) is 13.2 Å². The number of nitrogens with zero attached hydrogens (tertiary/aromatic N) is 5. The zero-order chi connectivity index (χ0) is 27.7. The van der Waals surface area contributed by atoms with E-state index in [4.69, 9.17) is 5.73 Å². The van der Waals surface area contributed by atoms with Crippen LogP contribution in [-0.4, -0.2) is 57.1 Å². The van der Waals surface area contributed by atoms with Crippen molar-refractivity contribution in [2.45, 2.75) is 25.9 Å². The Morgan fingerprint density at radius 1 is 1.21 bits per heavy atom. The van der Waals surface area contributed by atoms with Gasteiger partial charge in [-0.15, -0.1) is 11.3 Å². The van der Waals surface area contributed by atoms with Gasteiger partial charge in [-0.2, -0.15) is 10.4 Å². The number of aromatic nitrogens is 2. The standard InChI is InChI=1S/C27H21F3N6O2S/c1-12(28)26(37)34-7-8-35-14(11-34)5-6-36-23-16(27(35)38)9-19(30)22(20(23)13(2)33-36)15-3-4-18(29)24-21(15)17(10-31)25(32)39-24/h3-4,9,14H,1,5-8,11,32H2,2H3. The number of rotatable bonds is 2. The molecule has 1 atom stereocenters. The lowest BCUT2D eigenvalue weighted by Crippen LogP contribution is -2.57. The van der Waals surface area contributed by atoms with Gasteiger partial charge in [0.1, 0.15) is 22.7 Å². The zero-order valence-corrected chi connectivity index (χ0v) is 21.5. The minimum atomic E-state index is -1.06. The van der Waals surface area contributed by atoms with E-state index in [1.807, 2.05) is 6.07 Å². The number of thiophene rings is 1. The van der Waals surface area contributed by atoms with Crippen LogP contribution in [-0.2, 0) is 11.3 Å². The number of aryl methyl sites for hydroxylation is 2. The van der Waals surface area contributed by atoms with Gasteiger partial charge in [0.05, 0.1) is 33.1 Å². The van der Waals surface area contributed by atoms with Crippen LogP contribution in [0.4, 0.5) is 18.2 Å². The summed E-state index contributed by atoms with van der Waals surface area (Å²) >= 11 is 0.920. The molecule has 0 aliphatic carbocycles. The van der Waals surface area contributed by atoms with Crippen molar-refractivity contribution in [1.82, 2.24) is 19.6 Å². The highest BCUT2D eigenvalue weighted by Crippen LogP contribution is 2.45. The number of amides is 2. The van der Waals surface area contributed by atoms with E-state index < -0.39 is 35.3 Å². The van der Waals surface area contributed by atoms with E-state index in [9.17, 15) is 23.6 Å². The fraction of sp³-hybridized carbons (Fsp3) is 0.259. The van der Waals surface area contributed by atoms with Crippen LogP contribution in [0, 0.1) is 29.9 Å². The second-order valence-corrected chi connectivity index (χ2v) is 10.7. The first-order chi connectivity index (χ1) is 18.6. The average molecular weight is 551 g/mol. The smallest absolute Gasteiger partial charge is 0.282 e. The summed E-state index contributed by atoms with van der Waals surface area (Å²) in [5.41, 5.74) is 7.46. The van der Waals surface area contributed by atoms with Crippen molar-refractivity contribution < 1.29 is 22.8 Å². The summed E-state index contributed by atoms with van der Waals surface area (Å²) in [4.78, 5) is 28.9. The summed E-state index contributed by atoms with van der Waals surface area (Å²) in [6, 6.07) is 5.36. The summed E-state index contributed by atoms with van der Waals surface area (Å²) < 4.78 is 46.1. The van der Waals surface area contributed by atoms with Gasteiger partial charge in [0.2, 0.25) is 0 Å². The van der Waals surface area contributed by atoms with Gasteiger partial charge in [-0.3, -0.25) is 14.3 Å². The molecule has 1 unspecified atom stereocenters. The third kappa shape index (κ3) is 3.60. The summed E-state index contributed by atoms with van der Waals surface area (Å²) in [5.74, 6) is -3.60. The predicted octanol–water partition coefficient (Wildman–Crippen LogP) is 4.50. The SMILES string of the molecule is C=C(F)C(=O)N1CCN2C(=O)c3cc(F)c(-c4ccc(F)c5sc(N)c(C#N)c45)c4c(C)nn(c34)CCC2C1. The van der Waals surface area contributed by atoms with Crippen LogP contribution in [0.2, 0.25) is 0 Å². The molecule has 12 heteroatoms. The molecule has 1 saturated heterocycles. The molecular weight excluding hydrogens is 529 g/mol. The molecule has 8 nitrogen and oxygen atoms in total. The third-order valence-corrected chi connectivity index (χ3v) is 8.54. The molecule has 39 heavy (non-hydrogen) atoms. The van der Waals surface area contributed by atoms with Crippen LogP contribution in [0.1, 0.15) is 28.0 Å². The number of hydrogen-bond donors (Lipinski definition) is 1. The monoisotopic (exact) mass is 550 g/mol. The molecule has 0 saturated carbocycles. The Kier molecular flexibility index (Phi) is 5.65. The normalized spacial score (nSPS) is 17.2. The Hall–Kier alpha value is -4.37. The van der Waals surface area contributed by atoms with Gasteiger partial charge in [0, 0.05) is 42.5 Å². The number of piperazine rings is 1. The number of carbonyl (C=O) groups is 2. The molecule has 2 aliphatic rings. The van der Waals surface area contributed by atoms with Gasteiger partial charge in [-0.05, 0) is 31.0 Å². The minimum Gasteiger partial charge on any atom is -0.389 e. The molecule has 2 amide bonds. The van der Waals surface area contributed by atoms with Gasteiger partial charge in [0.15, 0.2) is 5.83 Å². The summed E-state index contributed by atoms with van der Waals surface area (Å²) in [6.07, 6.45) is 0.428. The molecule has 1 fully saturated rings. The van der Waals surface area contributed by atoms with Crippen molar-refractivity contribution in [3.63, 3.8) is 0 Å². The first kappa shape index (κ1) is 24.9. The molecule has 0 spiro atoms. The van der Waals surface area contributed by atoms with Crippen molar-refractivity contribution in [3.05, 3.63) is 59.1 Å². The Bertz CT molecular complexity index is 1800. The van der Waals surface area contributed by atoms with Crippen LogP contribution >= 0.6 is 11.3 Å². The second kappa shape index (κ2) is 8.84. The minimum absolute atomic E-state index is 0.0644. The molecule has 0 radical (unpaired) electrons. The molecule has 2 aromatic carbocycles. The number of halogens is 3. The largest absolute Gasteiger partial charge is 0.389 e. The third-order valence-electron chi connectivity index (χ3n) is 7.51. The maximum Gasteiger partial charge on any atom is 0.282 e. The molecule has 198 valence electrons. The van der Waals surface area contributed by atoms with E-state index in [-0.39, 0.29) is 57.0 Å². The predicted molar refractivity (Wildman–Crippen MR) is 141 cm³/mol. The van der Waals surface area contributed by atoms with Crippen molar-refractivity contribution in [1.29, 1.82) is 5.26 Å². The fourth-order valence-corrected chi connectivity index (χ4v) is 6.74. The van der Waals surface area contributed by atoms with E-state index in [0.29, 0.717) is 29.6 Å². The van der Waals surface area contributed by atoms with Gasteiger partial charge in [0.25, 0.3) is 11.8 Å². The molecule has 4 heterocycles. The molecule has 2 aliphatic heterocycles. The quantitative estimate of drug-likeness (QED) is 0.370. The lowest BCUT2D eigenvalue weighted by atomic mass is 9.92. The molecule has 2 aromatic heterocycles. The summed E-state index contributed by atoms with van der Waals surface area (Å²) in [6.45, 7) is 5.52. The molecule has 6 rings (SSSR count). The fourth-order valence-electron chi connectivity index (χ4n) is 5.79. The van der Waals surface area contributed by atoms with E-state index in [0.717, 1.165) is 17.4 Å². The number of nitriles is 1. The first-order valence-corrected chi connectivity index (χ1v) is 13.0. The van der Waals surface area contributed by atoms with Crippen LogP contribution in [0.25, 0.3) is 32.1 Å². The van der Waals surface area contributed by atoms with Crippen LogP contribution < -0.4 is 5.73 Å². The zero-order valence-electron chi connectivity index (χ0n) is 20.7. The highest BCUT2D eigenvalue weighted by molar-refractivity contribution is 7.23. The second-order valence-electron chi connectivity index (χ2n) is 9.66. The molecule has 4 aromatic rings. The van der Waals surface area contributed by atoms with E-state index in [1.165, 1.54) is 17.0 Å². The maximum absolute atomic E-state index is 16.1. The number of hydrogen-bond acceptors (Lipinski definition) is 6. The van der Waals surface area contributed by atoms with E-state index >= 15 is 4.39 Å². The van der Waals surface area contributed by atoms with E-state index in [1.54, 1.807) is 16.5 Å². The number of carbonyl (C=O) groups excluding carboxylic acids is 2. The van der Waals surface area contributed by atoms with Crippen LogP contribution in [0.5, 0.6) is 0 Å². The first-order valence-electron chi connectivity index (χ1n) is 12.2. The van der Waals surface area contributed by atoms with Crippen molar-refractivity contribution in [2.24, 2.45) is 0 Å². The Balaban J connectivity index is 1.55. The lowest BCUT2D eigenvalue weighted by Gasteiger charge is -2.42. The van der Waals surface area contributed by atoms with E-state index in [2.05, 4.69) is 11.7 Å². The number of nitrogens with two attached hydrogens (primary N) is 1. The Morgan fingerprint density at radius 3 is 2.69 bits per heavy atom. The summed E-state index contributed by atoms with van der Waals surface area (Å²) in [5, 5.41) is 15.1. The van der Waals surface area contributed by atoms with Gasteiger partial charge in [-0.1, -0.05) is 12.6 Å². The Labute approximate surface area is 224 Å². The van der Waals surface area contributed by atoms with Crippen LogP contribution in [0.3, 0.4) is 0 Å². The molecule has 2 N–H and O–H groups in total. The average Bonchev–Trinajstić information content (AvgIpc) is 3.42. The van der Waals surface area contributed by atoms with Crippen molar-refractivity contribution in [3.8, 4) is 17.2 Å². The number of anilines is 1. The van der Waals surface area contributed by atoms with Gasteiger partial charge >= 0.3 is 0 Å². The highest BCUT2D eigenvalue weighted by atomic mass is 32.1. The number of benzene rings is 2.